The Morgan fingerprint density at radius 3 is 1.25 bits per heavy atom. The maximum Gasteiger partial charge on any atom is 0.0214 e. The van der Waals surface area contributed by atoms with Crippen LogP contribution < -0.4 is 0 Å². The third-order valence-electron chi connectivity index (χ3n) is 1.90. The molecular weight excluding hydrogens is 211 g/mol. The van der Waals surface area contributed by atoms with Crippen LogP contribution in [0.1, 0.15) is 40.0 Å². The summed E-state index contributed by atoms with van der Waals surface area (Å²) < 4.78 is 0.595. The Labute approximate surface area is 66.2 Å². The Morgan fingerprint density at radius 1 is 1.00 bits per heavy atom. The predicted octanol–water partition coefficient (Wildman–Crippen LogP) is 3.39. The number of alkyl halides is 1. The molecule has 0 aliphatic heterocycles. The van der Waals surface area contributed by atoms with E-state index in [0.29, 0.717) is 3.42 Å². The molecule has 0 N–H and O–H groups in total. The van der Waals surface area contributed by atoms with Gasteiger partial charge in [-0.3, -0.25) is 0 Å². The molecule has 0 aromatic rings. The van der Waals surface area contributed by atoms with Crippen LogP contribution in [0.2, 0.25) is 0 Å². The number of rotatable bonds is 3. The molecule has 0 aromatic heterocycles. The molecule has 0 unspecified atom stereocenters. The van der Waals surface area contributed by atoms with Crippen molar-refractivity contribution in [3.05, 3.63) is 0 Å². The molecule has 0 spiro atoms. The Bertz CT molecular complexity index is 47.1. The van der Waals surface area contributed by atoms with Gasteiger partial charge in [0.05, 0.1) is 0 Å². The smallest absolute Gasteiger partial charge is 0.0214 e. The zero-order valence-electron chi connectivity index (χ0n) is 6.00. The van der Waals surface area contributed by atoms with Crippen molar-refractivity contribution in [2.75, 3.05) is 0 Å². The number of hydrogen-bond donors (Lipinski definition) is 0. The average molecular weight is 226 g/mol. The fourth-order valence-corrected chi connectivity index (χ4v) is 0.750. The van der Waals surface area contributed by atoms with E-state index in [1.54, 1.807) is 0 Å². The zero-order chi connectivity index (χ0) is 6.62. The first-order chi connectivity index (χ1) is 3.68. The van der Waals surface area contributed by atoms with Gasteiger partial charge in [0.15, 0.2) is 0 Å². The van der Waals surface area contributed by atoms with Crippen molar-refractivity contribution in [1.82, 2.24) is 0 Å². The standard InChI is InChI=1S/C7H15I/c1-4-7(8,5-2)6-3/h4-6H2,1-3H3. The average Bonchev–Trinajstić information content (AvgIpc) is 1.87. The lowest BCUT2D eigenvalue weighted by molar-refractivity contribution is 0.560. The summed E-state index contributed by atoms with van der Waals surface area (Å²) in [5.41, 5.74) is 0. The highest BCUT2D eigenvalue weighted by atomic mass is 127. The fourth-order valence-electron chi connectivity index (χ4n) is 0.750. The second-order valence-electron chi connectivity index (χ2n) is 2.21. The number of halogens is 1. The van der Waals surface area contributed by atoms with E-state index in [1.165, 1.54) is 19.3 Å². The summed E-state index contributed by atoms with van der Waals surface area (Å²) >= 11 is 2.57. The maximum atomic E-state index is 2.57. The van der Waals surface area contributed by atoms with E-state index >= 15 is 0 Å². The van der Waals surface area contributed by atoms with E-state index in [9.17, 15) is 0 Å². The van der Waals surface area contributed by atoms with Crippen LogP contribution in [0.4, 0.5) is 0 Å². The largest absolute Gasteiger partial charge is 0.0789 e. The van der Waals surface area contributed by atoms with E-state index in [2.05, 4.69) is 43.4 Å². The molecule has 0 aliphatic carbocycles. The predicted molar refractivity (Wildman–Crippen MR) is 47.6 cm³/mol. The molecule has 0 saturated heterocycles. The molecule has 0 nitrogen and oxygen atoms in total. The molecule has 0 bridgehead atoms. The molecule has 1 heteroatoms. The third kappa shape index (κ3) is 2.33. The summed E-state index contributed by atoms with van der Waals surface area (Å²) in [5.74, 6) is 0. The van der Waals surface area contributed by atoms with Crippen molar-refractivity contribution >= 4 is 22.6 Å². The highest BCUT2D eigenvalue weighted by Crippen LogP contribution is 2.29. The first-order valence-corrected chi connectivity index (χ1v) is 4.45. The van der Waals surface area contributed by atoms with Gasteiger partial charge in [0.1, 0.15) is 0 Å². The fraction of sp³-hybridized carbons (Fsp3) is 1.00. The third-order valence-corrected chi connectivity index (χ3v) is 4.19. The second-order valence-corrected chi connectivity index (χ2v) is 4.50. The monoisotopic (exact) mass is 226 g/mol. The minimum atomic E-state index is 0.595. The first kappa shape index (κ1) is 8.73. The van der Waals surface area contributed by atoms with Gasteiger partial charge < -0.3 is 0 Å². The van der Waals surface area contributed by atoms with Crippen molar-refractivity contribution in [3.63, 3.8) is 0 Å². The van der Waals surface area contributed by atoms with E-state index in [1.807, 2.05) is 0 Å². The zero-order valence-corrected chi connectivity index (χ0v) is 8.16. The minimum absolute atomic E-state index is 0.595. The van der Waals surface area contributed by atoms with E-state index in [-0.39, 0.29) is 0 Å². The van der Waals surface area contributed by atoms with Crippen LogP contribution in [-0.2, 0) is 0 Å². The van der Waals surface area contributed by atoms with Crippen molar-refractivity contribution in [3.8, 4) is 0 Å². The van der Waals surface area contributed by atoms with Gasteiger partial charge in [0.2, 0.25) is 0 Å². The molecule has 0 saturated carbocycles. The first-order valence-electron chi connectivity index (χ1n) is 3.37. The van der Waals surface area contributed by atoms with Crippen molar-refractivity contribution in [2.45, 2.75) is 43.5 Å². The lowest BCUT2D eigenvalue weighted by Gasteiger charge is -2.21. The van der Waals surface area contributed by atoms with Crippen molar-refractivity contribution in [2.24, 2.45) is 0 Å². The van der Waals surface area contributed by atoms with Gasteiger partial charge in [0.25, 0.3) is 0 Å². The maximum absolute atomic E-state index is 2.57. The molecule has 0 atom stereocenters. The summed E-state index contributed by atoms with van der Waals surface area (Å²) in [5, 5.41) is 0. The summed E-state index contributed by atoms with van der Waals surface area (Å²) in [4.78, 5) is 0. The van der Waals surface area contributed by atoms with Crippen LogP contribution in [0.3, 0.4) is 0 Å². The summed E-state index contributed by atoms with van der Waals surface area (Å²) in [6, 6.07) is 0. The lowest BCUT2D eigenvalue weighted by Crippen LogP contribution is -2.15. The van der Waals surface area contributed by atoms with Crippen LogP contribution in [-0.4, -0.2) is 3.42 Å². The Kier molecular flexibility index (Phi) is 4.04. The molecule has 50 valence electrons. The molecule has 0 radical (unpaired) electrons. The van der Waals surface area contributed by atoms with Gasteiger partial charge in [0, 0.05) is 3.42 Å². The van der Waals surface area contributed by atoms with E-state index in [4.69, 9.17) is 0 Å². The summed E-state index contributed by atoms with van der Waals surface area (Å²) in [6.45, 7) is 6.79. The quantitative estimate of drug-likeness (QED) is 0.511. The Balaban J connectivity index is 3.58. The van der Waals surface area contributed by atoms with E-state index in [0.717, 1.165) is 0 Å². The lowest BCUT2D eigenvalue weighted by atomic mass is 10.0. The van der Waals surface area contributed by atoms with Crippen molar-refractivity contribution in [1.29, 1.82) is 0 Å². The van der Waals surface area contributed by atoms with Crippen LogP contribution in [0.15, 0.2) is 0 Å². The van der Waals surface area contributed by atoms with Gasteiger partial charge in [-0.15, -0.1) is 0 Å². The van der Waals surface area contributed by atoms with Gasteiger partial charge >= 0.3 is 0 Å². The van der Waals surface area contributed by atoms with Crippen LogP contribution >= 0.6 is 22.6 Å². The Hall–Kier alpha value is 0.730. The molecule has 0 amide bonds. The molecule has 0 heterocycles. The molecular formula is C7H15I. The molecule has 0 fully saturated rings. The molecule has 0 rings (SSSR count). The normalized spacial score (nSPS) is 12.0. The van der Waals surface area contributed by atoms with Crippen LogP contribution in [0.5, 0.6) is 0 Å². The minimum Gasteiger partial charge on any atom is -0.0789 e. The van der Waals surface area contributed by atoms with Crippen LogP contribution in [0.25, 0.3) is 0 Å². The highest BCUT2D eigenvalue weighted by molar-refractivity contribution is 14.1. The van der Waals surface area contributed by atoms with E-state index < -0.39 is 0 Å². The Morgan fingerprint density at radius 2 is 1.25 bits per heavy atom. The van der Waals surface area contributed by atoms with Crippen molar-refractivity contribution < 1.29 is 0 Å². The summed E-state index contributed by atoms with van der Waals surface area (Å²) in [6.07, 6.45) is 3.92. The van der Waals surface area contributed by atoms with Crippen LogP contribution in [0, 0.1) is 0 Å². The molecule has 8 heavy (non-hydrogen) atoms. The van der Waals surface area contributed by atoms with Gasteiger partial charge in [-0.25, -0.2) is 0 Å². The summed E-state index contributed by atoms with van der Waals surface area (Å²) in [7, 11) is 0. The number of hydrogen-bond acceptors (Lipinski definition) is 0. The van der Waals surface area contributed by atoms with Gasteiger partial charge in [-0.1, -0.05) is 43.4 Å². The molecule has 0 aromatic carbocycles. The topological polar surface area (TPSA) is 0 Å². The van der Waals surface area contributed by atoms with Gasteiger partial charge in [-0.2, -0.15) is 0 Å². The molecule has 0 aliphatic rings. The second kappa shape index (κ2) is 3.70. The SMILES string of the molecule is CCC(I)(CC)CC. The highest BCUT2D eigenvalue weighted by Gasteiger charge is 2.17. The van der Waals surface area contributed by atoms with Gasteiger partial charge in [-0.05, 0) is 19.3 Å².